The maximum Gasteiger partial charge on any atom is 0.247 e. The Kier molecular flexibility index (Phi) is 3.63. The van der Waals surface area contributed by atoms with Gasteiger partial charge in [0.1, 0.15) is 12.3 Å². The van der Waals surface area contributed by atoms with Crippen molar-refractivity contribution in [3.8, 4) is 11.8 Å². The van der Waals surface area contributed by atoms with Crippen molar-refractivity contribution in [1.82, 2.24) is 4.90 Å². The highest BCUT2D eigenvalue weighted by molar-refractivity contribution is 5.91. The maximum atomic E-state index is 11.6. The number of ether oxygens (including phenoxy) is 1. The van der Waals surface area contributed by atoms with E-state index in [2.05, 4.69) is 0 Å². The zero-order valence-electron chi connectivity index (χ0n) is 10.2. The molecule has 0 spiro atoms. The molecule has 4 heteroatoms. The second kappa shape index (κ2) is 5.37. The highest BCUT2D eigenvalue weighted by atomic mass is 16.5. The minimum atomic E-state index is -0.173. The fourth-order valence-corrected chi connectivity index (χ4v) is 1.79. The molecule has 0 saturated carbocycles. The highest BCUT2D eigenvalue weighted by Gasteiger charge is 2.11. The van der Waals surface area contributed by atoms with Crippen LogP contribution in [0.5, 0.6) is 5.75 Å². The number of fused-ring (bicyclic) bond motifs is 1. The normalized spacial score (nSPS) is 12.9. The summed E-state index contributed by atoms with van der Waals surface area (Å²) >= 11 is 0. The molecular weight excluding hydrogens is 228 g/mol. The molecule has 0 N–H and O–H groups in total. The van der Waals surface area contributed by atoms with Crippen LogP contribution in [-0.2, 0) is 11.2 Å². The Morgan fingerprint density at radius 2 is 2.44 bits per heavy atom. The van der Waals surface area contributed by atoms with Crippen LogP contribution in [0.4, 0.5) is 0 Å². The molecule has 1 aliphatic rings. The van der Waals surface area contributed by atoms with Crippen molar-refractivity contribution in [2.75, 3.05) is 20.2 Å². The van der Waals surface area contributed by atoms with Crippen LogP contribution < -0.4 is 4.74 Å². The molecule has 0 fully saturated rings. The standard InChI is InChI=1S/C14H14N2O2/c1-16(8-7-15)14(17)5-3-11-2-4-13-12(10-11)6-9-18-13/h2-5,10H,6,8-9H2,1H3. The van der Waals surface area contributed by atoms with Crippen LogP contribution in [0.1, 0.15) is 11.1 Å². The van der Waals surface area contributed by atoms with E-state index in [1.165, 1.54) is 16.5 Å². The van der Waals surface area contributed by atoms with E-state index in [-0.39, 0.29) is 12.5 Å². The molecule has 0 aromatic heterocycles. The molecule has 1 aliphatic heterocycles. The first kappa shape index (κ1) is 12.2. The topological polar surface area (TPSA) is 53.3 Å². The van der Waals surface area contributed by atoms with Crippen molar-refractivity contribution < 1.29 is 9.53 Å². The lowest BCUT2D eigenvalue weighted by Crippen LogP contribution is -2.24. The third-order valence-electron chi connectivity index (χ3n) is 2.82. The van der Waals surface area contributed by atoms with Crippen molar-refractivity contribution in [3.63, 3.8) is 0 Å². The van der Waals surface area contributed by atoms with Gasteiger partial charge in [-0.05, 0) is 29.3 Å². The molecule has 4 nitrogen and oxygen atoms in total. The number of carbonyl (C=O) groups is 1. The molecule has 2 rings (SSSR count). The lowest BCUT2D eigenvalue weighted by Gasteiger charge is -2.09. The molecule has 1 aromatic carbocycles. The van der Waals surface area contributed by atoms with Crippen LogP contribution in [0, 0.1) is 11.3 Å². The maximum absolute atomic E-state index is 11.6. The summed E-state index contributed by atoms with van der Waals surface area (Å²) in [7, 11) is 1.60. The average molecular weight is 242 g/mol. The second-order valence-electron chi connectivity index (χ2n) is 4.15. The Balaban J connectivity index is 2.05. The predicted molar refractivity (Wildman–Crippen MR) is 67.9 cm³/mol. The number of likely N-dealkylation sites (N-methyl/N-ethyl adjacent to an activating group) is 1. The molecule has 0 radical (unpaired) electrons. The van der Waals surface area contributed by atoms with Crippen LogP contribution in [0.3, 0.4) is 0 Å². The Hall–Kier alpha value is -2.28. The van der Waals surface area contributed by atoms with E-state index in [4.69, 9.17) is 10.00 Å². The number of amides is 1. The van der Waals surface area contributed by atoms with Gasteiger partial charge in [-0.3, -0.25) is 4.79 Å². The van der Waals surface area contributed by atoms with E-state index < -0.39 is 0 Å². The second-order valence-corrected chi connectivity index (χ2v) is 4.15. The van der Waals surface area contributed by atoms with Crippen LogP contribution in [0.15, 0.2) is 24.3 Å². The molecule has 1 heterocycles. The summed E-state index contributed by atoms with van der Waals surface area (Å²) in [5.41, 5.74) is 2.15. The van der Waals surface area contributed by atoms with Gasteiger partial charge in [0.05, 0.1) is 12.7 Å². The first-order valence-electron chi connectivity index (χ1n) is 5.76. The lowest BCUT2D eigenvalue weighted by atomic mass is 10.1. The first-order valence-corrected chi connectivity index (χ1v) is 5.76. The Labute approximate surface area is 106 Å². The third-order valence-corrected chi connectivity index (χ3v) is 2.82. The summed E-state index contributed by atoms with van der Waals surface area (Å²) in [5, 5.41) is 8.49. The fourth-order valence-electron chi connectivity index (χ4n) is 1.79. The van der Waals surface area contributed by atoms with Gasteiger partial charge in [-0.2, -0.15) is 5.26 Å². The largest absolute Gasteiger partial charge is 0.493 e. The number of benzene rings is 1. The van der Waals surface area contributed by atoms with E-state index in [1.807, 2.05) is 24.3 Å². The van der Waals surface area contributed by atoms with E-state index in [1.54, 1.807) is 13.1 Å². The SMILES string of the molecule is CN(CC#N)C(=O)C=Cc1ccc2c(c1)CCO2. The van der Waals surface area contributed by atoms with Crippen molar-refractivity contribution in [3.05, 3.63) is 35.4 Å². The number of rotatable bonds is 3. The van der Waals surface area contributed by atoms with Gasteiger partial charge < -0.3 is 9.64 Å². The number of carbonyl (C=O) groups excluding carboxylic acids is 1. The van der Waals surface area contributed by atoms with Gasteiger partial charge >= 0.3 is 0 Å². The summed E-state index contributed by atoms with van der Waals surface area (Å²) in [5.74, 6) is 0.758. The predicted octanol–water partition coefficient (Wildman–Crippen LogP) is 1.62. The number of nitriles is 1. The third kappa shape index (κ3) is 2.69. The van der Waals surface area contributed by atoms with Crippen LogP contribution in [0.25, 0.3) is 6.08 Å². The van der Waals surface area contributed by atoms with Crippen LogP contribution >= 0.6 is 0 Å². The monoisotopic (exact) mass is 242 g/mol. The fraction of sp³-hybridized carbons (Fsp3) is 0.286. The molecule has 1 aromatic rings. The number of hydrogen-bond donors (Lipinski definition) is 0. The minimum Gasteiger partial charge on any atom is -0.493 e. The summed E-state index contributed by atoms with van der Waals surface area (Å²) < 4.78 is 5.41. The highest BCUT2D eigenvalue weighted by Crippen LogP contribution is 2.26. The Morgan fingerprint density at radius 1 is 1.61 bits per heavy atom. The van der Waals surface area contributed by atoms with Gasteiger partial charge in [0.15, 0.2) is 0 Å². The van der Waals surface area contributed by atoms with Crippen molar-refractivity contribution in [1.29, 1.82) is 5.26 Å². The van der Waals surface area contributed by atoms with E-state index in [9.17, 15) is 4.79 Å². The Bertz CT molecular complexity index is 529. The number of hydrogen-bond acceptors (Lipinski definition) is 3. The molecule has 0 unspecified atom stereocenters. The van der Waals surface area contributed by atoms with Crippen molar-refractivity contribution in [2.45, 2.75) is 6.42 Å². The van der Waals surface area contributed by atoms with Gasteiger partial charge in [0.25, 0.3) is 0 Å². The average Bonchev–Trinajstić information content (AvgIpc) is 2.83. The summed E-state index contributed by atoms with van der Waals surface area (Å²) in [6.45, 7) is 0.827. The quantitative estimate of drug-likeness (QED) is 0.597. The molecule has 0 atom stereocenters. The van der Waals surface area contributed by atoms with Gasteiger partial charge in [-0.25, -0.2) is 0 Å². The molecule has 0 bridgehead atoms. The summed E-state index contributed by atoms with van der Waals surface area (Å²) in [4.78, 5) is 13.0. The van der Waals surface area contributed by atoms with Crippen LogP contribution in [0.2, 0.25) is 0 Å². The zero-order valence-corrected chi connectivity index (χ0v) is 10.2. The minimum absolute atomic E-state index is 0.0984. The van der Waals surface area contributed by atoms with Crippen molar-refractivity contribution >= 4 is 12.0 Å². The summed E-state index contributed by atoms with van der Waals surface area (Å²) in [6, 6.07) is 7.80. The lowest BCUT2D eigenvalue weighted by molar-refractivity contribution is -0.124. The van der Waals surface area contributed by atoms with E-state index >= 15 is 0 Å². The molecule has 92 valence electrons. The van der Waals surface area contributed by atoms with Gasteiger partial charge in [0.2, 0.25) is 5.91 Å². The van der Waals surface area contributed by atoms with Gasteiger partial charge in [-0.1, -0.05) is 6.07 Å². The Morgan fingerprint density at radius 3 is 3.22 bits per heavy atom. The van der Waals surface area contributed by atoms with E-state index in [0.717, 1.165) is 24.3 Å². The molecule has 0 saturated heterocycles. The molecule has 1 amide bonds. The number of nitrogens with zero attached hydrogens (tertiary/aromatic N) is 2. The van der Waals surface area contributed by atoms with Crippen LogP contribution in [-0.4, -0.2) is 31.0 Å². The summed E-state index contributed by atoms with van der Waals surface area (Å²) in [6.07, 6.45) is 4.16. The molecular formula is C14H14N2O2. The van der Waals surface area contributed by atoms with Crippen molar-refractivity contribution in [2.24, 2.45) is 0 Å². The molecule has 18 heavy (non-hydrogen) atoms. The zero-order chi connectivity index (χ0) is 13.0. The molecule has 0 aliphatic carbocycles. The first-order chi connectivity index (χ1) is 8.70. The van der Waals surface area contributed by atoms with Gasteiger partial charge in [0, 0.05) is 19.5 Å². The van der Waals surface area contributed by atoms with E-state index in [0.29, 0.717) is 0 Å². The van der Waals surface area contributed by atoms with Gasteiger partial charge in [-0.15, -0.1) is 0 Å². The smallest absolute Gasteiger partial charge is 0.247 e.